The maximum absolute atomic E-state index is 11.9. The second kappa shape index (κ2) is 8.46. The fourth-order valence-corrected chi connectivity index (χ4v) is 2.57. The highest BCUT2D eigenvalue weighted by atomic mass is 35.5. The molecule has 1 heterocycles. The molecule has 0 radical (unpaired) electrons. The lowest BCUT2D eigenvalue weighted by Crippen LogP contribution is -2.14. The van der Waals surface area contributed by atoms with Crippen LogP contribution in [0, 0.1) is 0 Å². The maximum atomic E-state index is 11.9. The zero-order valence-corrected chi connectivity index (χ0v) is 15.3. The SMILES string of the molecule is CC(=O)c1cccc(Cn2ncc(NC(=O)OCc3ccccc3Cl)n2)c1. The summed E-state index contributed by atoms with van der Waals surface area (Å²) in [6.07, 6.45) is 0.770. The van der Waals surface area contributed by atoms with Crippen LogP contribution in [-0.4, -0.2) is 26.9 Å². The van der Waals surface area contributed by atoms with Crippen molar-refractivity contribution in [3.05, 3.63) is 76.4 Å². The van der Waals surface area contributed by atoms with Gasteiger partial charge in [0.1, 0.15) is 6.61 Å². The van der Waals surface area contributed by atoms with Gasteiger partial charge in [-0.15, -0.1) is 5.10 Å². The van der Waals surface area contributed by atoms with Crippen LogP contribution < -0.4 is 5.32 Å². The highest BCUT2D eigenvalue weighted by molar-refractivity contribution is 6.31. The van der Waals surface area contributed by atoms with Crippen molar-refractivity contribution in [2.75, 3.05) is 5.32 Å². The number of nitrogens with zero attached hydrogens (tertiary/aromatic N) is 3. The molecule has 0 spiro atoms. The first-order chi connectivity index (χ1) is 13.0. The molecule has 138 valence electrons. The number of carbonyl (C=O) groups excluding carboxylic acids is 2. The van der Waals surface area contributed by atoms with Crippen LogP contribution in [0.4, 0.5) is 10.6 Å². The van der Waals surface area contributed by atoms with Crippen molar-refractivity contribution in [3.63, 3.8) is 0 Å². The fourth-order valence-electron chi connectivity index (χ4n) is 2.38. The minimum absolute atomic E-state index is 0.00565. The van der Waals surface area contributed by atoms with Gasteiger partial charge in [-0.3, -0.25) is 10.1 Å². The van der Waals surface area contributed by atoms with E-state index in [-0.39, 0.29) is 18.2 Å². The lowest BCUT2D eigenvalue weighted by Gasteiger charge is -2.06. The van der Waals surface area contributed by atoms with Crippen molar-refractivity contribution in [2.24, 2.45) is 0 Å². The highest BCUT2D eigenvalue weighted by Gasteiger charge is 2.09. The molecule has 1 N–H and O–H groups in total. The maximum Gasteiger partial charge on any atom is 0.413 e. The Morgan fingerprint density at radius 2 is 2.00 bits per heavy atom. The van der Waals surface area contributed by atoms with Crippen LogP contribution in [0.3, 0.4) is 0 Å². The molecular formula is C19H17ClN4O3. The number of hydrogen-bond donors (Lipinski definition) is 1. The molecule has 0 saturated heterocycles. The first-order valence-corrected chi connectivity index (χ1v) is 8.56. The molecule has 7 nitrogen and oxygen atoms in total. The van der Waals surface area contributed by atoms with Crippen LogP contribution in [0.15, 0.2) is 54.7 Å². The Kier molecular flexibility index (Phi) is 5.83. The van der Waals surface area contributed by atoms with E-state index in [0.29, 0.717) is 22.7 Å². The number of Topliss-reactive ketones (excluding diaryl/α,β-unsaturated/α-hetero) is 1. The summed E-state index contributed by atoms with van der Waals surface area (Å²) < 4.78 is 5.13. The normalized spacial score (nSPS) is 10.4. The average Bonchev–Trinajstić information content (AvgIpc) is 3.08. The molecule has 1 amide bonds. The third kappa shape index (κ3) is 5.15. The van der Waals surface area contributed by atoms with Gasteiger partial charge in [-0.05, 0) is 24.6 Å². The number of amides is 1. The van der Waals surface area contributed by atoms with E-state index in [4.69, 9.17) is 16.3 Å². The summed E-state index contributed by atoms with van der Waals surface area (Å²) >= 11 is 6.02. The van der Waals surface area contributed by atoms with Gasteiger partial charge >= 0.3 is 6.09 Å². The van der Waals surface area contributed by atoms with Crippen molar-refractivity contribution < 1.29 is 14.3 Å². The number of nitrogens with one attached hydrogen (secondary N) is 1. The molecule has 0 fully saturated rings. The second-order valence-electron chi connectivity index (χ2n) is 5.81. The van der Waals surface area contributed by atoms with Gasteiger partial charge in [0.2, 0.25) is 0 Å². The van der Waals surface area contributed by atoms with Crippen molar-refractivity contribution >= 4 is 29.3 Å². The Bertz CT molecular complexity index is 971. The summed E-state index contributed by atoms with van der Waals surface area (Å²) in [5, 5.41) is 11.3. The van der Waals surface area contributed by atoms with Crippen LogP contribution in [0.25, 0.3) is 0 Å². The Morgan fingerprint density at radius 3 is 2.78 bits per heavy atom. The summed E-state index contributed by atoms with van der Waals surface area (Å²) in [7, 11) is 0. The number of halogens is 1. The zero-order chi connectivity index (χ0) is 19.2. The number of hydrogen-bond acceptors (Lipinski definition) is 5. The van der Waals surface area contributed by atoms with E-state index in [2.05, 4.69) is 15.5 Å². The standard InChI is InChI=1S/C19H17ClN4O3/c1-13(25)15-7-4-5-14(9-15)11-24-21-10-18(23-24)22-19(26)27-12-16-6-2-3-8-17(16)20/h2-10H,11-12H2,1H3,(H,22,23,26). The van der Waals surface area contributed by atoms with Gasteiger partial charge in [-0.2, -0.15) is 9.90 Å². The van der Waals surface area contributed by atoms with E-state index in [1.165, 1.54) is 17.9 Å². The Labute approximate surface area is 160 Å². The van der Waals surface area contributed by atoms with Gasteiger partial charge in [0.25, 0.3) is 0 Å². The molecule has 27 heavy (non-hydrogen) atoms. The van der Waals surface area contributed by atoms with E-state index in [9.17, 15) is 9.59 Å². The van der Waals surface area contributed by atoms with E-state index >= 15 is 0 Å². The molecule has 0 unspecified atom stereocenters. The monoisotopic (exact) mass is 384 g/mol. The molecular weight excluding hydrogens is 368 g/mol. The molecule has 2 aromatic carbocycles. The first kappa shape index (κ1) is 18.6. The number of benzene rings is 2. The van der Waals surface area contributed by atoms with Crippen molar-refractivity contribution in [1.29, 1.82) is 0 Å². The smallest absolute Gasteiger partial charge is 0.413 e. The van der Waals surface area contributed by atoms with E-state index in [1.54, 1.807) is 36.4 Å². The number of ketones is 1. The molecule has 0 aliphatic heterocycles. The van der Waals surface area contributed by atoms with Crippen molar-refractivity contribution in [1.82, 2.24) is 15.0 Å². The topological polar surface area (TPSA) is 86.1 Å². The van der Waals surface area contributed by atoms with Crippen molar-refractivity contribution in [3.8, 4) is 0 Å². The molecule has 3 rings (SSSR count). The number of rotatable bonds is 6. The molecule has 0 aliphatic carbocycles. The Hall–Kier alpha value is -3.19. The van der Waals surface area contributed by atoms with Gasteiger partial charge in [0.05, 0.1) is 12.7 Å². The third-order valence-corrected chi connectivity index (χ3v) is 4.11. The zero-order valence-electron chi connectivity index (χ0n) is 14.6. The van der Waals surface area contributed by atoms with E-state index in [1.807, 2.05) is 12.1 Å². The van der Waals surface area contributed by atoms with Gasteiger partial charge in [0.15, 0.2) is 11.6 Å². The summed E-state index contributed by atoms with van der Waals surface area (Å²) in [5.41, 5.74) is 2.22. The fraction of sp³-hybridized carbons (Fsp3) is 0.158. The second-order valence-corrected chi connectivity index (χ2v) is 6.22. The van der Waals surface area contributed by atoms with Gasteiger partial charge < -0.3 is 4.74 Å². The Morgan fingerprint density at radius 1 is 1.19 bits per heavy atom. The lowest BCUT2D eigenvalue weighted by atomic mass is 10.1. The summed E-state index contributed by atoms with van der Waals surface area (Å²) in [5.74, 6) is 0.260. The molecule has 8 heteroatoms. The number of ether oxygens (including phenoxy) is 1. The first-order valence-electron chi connectivity index (χ1n) is 8.18. The van der Waals surface area contributed by atoms with Gasteiger partial charge in [-0.25, -0.2) is 4.79 Å². The molecule has 0 bridgehead atoms. The largest absolute Gasteiger partial charge is 0.444 e. The molecule has 0 aliphatic rings. The quantitative estimate of drug-likeness (QED) is 0.651. The molecule has 0 atom stereocenters. The van der Waals surface area contributed by atoms with Crippen LogP contribution in [0.1, 0.15) is 28.4 Å². The highest BCUT2D eigenvalue weighted by Crippen LogP contribution is 2.16. The predicted molar refractivity (Wildman–Crippen MR) is 101 cm³/mol. The summed E-state index contributed by atoms with van der Waals surface area (Å²) in [6.45, 7) is 1.94. The van der Waals surface area contributed by atoms with Gasteiger partial charge in [-0.1, -0.05) is 48.0 Å². The van der Waals surface area contributed by atoms with Crippen LogP contribution in [0.2, 0.25) is 5.02 Å². The summed E-state index contributed by atoms with van der Waals surface area (Å²) in [4.78, 5) is 24.8. The van der Waals surface area contributed by atoms with Crippen LogP contribution in [0.5, 0.6) is 0 Å². The van der Waals surface area contributed by atoms with Crippen LogP contribution >= 0.6 is 11.6 Å². The average molecular weight is 385 g/mol. The molecule has 0 saturated carbocycles. The molecule has 3 aromatic rings. The molecule has 1 aromatic heterocycles. The number of aromatic nitrogens is 3. The van der Waals surface area contributed by atoms with Gasteiger partial charge in [0, 0.05) is 16.1 Å². The number of anilines is 1. The minimum Gasteiger partial charge on any atom is -0.444 e. The number of carbonyl (C=O) groups is 2. The van der Waals surface area contributed by atoms with E-state index in [0.717, 1.165) is 5.56 Å². The van der Waals surface area contributed by atoms with E-state index < -0.39 is 6.09 Å². The Balaban J connectivity index is 1.56. The predicted octanol–water partition coefficient (Wildman–Crippen LogP) is 3.93. The van der Waals surface area contributed by atoms with Crippen LogP contribution in [-0.2, 0) is 17.9 Å². The summed E-state index contributed by atoms with van der Waals surface area (Å²) in [6, 6.07) is 14.3. The minimum atomic E-state index is -0.652. The lowest BCUT2D eigenvalue weighted by molar-refractivity contribution is 0.101. The third-order valence-electron chi connectivity index (χ3n) is 3.74. The van der Waals surface area contributed by atoms with Crippen molar-refractivity contribution in [2.45, 2.75) is 20.1 Å².